The predicted octanol–water partition coefficient (Wildman–Crippen LogP) is 3.03. The number of anilines is 2. The molecule has 0 fully saturated rings. The largest absolute Gasteiger partial charge is 0.388 e. The van der Waals surface area contributed by atoms with E-state index < -0.39 is 0 Å². The van der Waals surface area contributed by atoms with Gasteiger partial charge in [0.25, 0.3) is 0 Å². The SMILES string of the molecule is CNc1ccc(Cl)cc1/C(C)=N\N(C)c1ncccn1. The molecular formula is C14H16ClN5. The quantitative estimate of drug-likeness (QED) is 0.694. The molecule has 0 aliphatic heterocycles. The second-order valence-corrected chi connectivity index (χ2v) is 4.63. The van der Waals surface area contributed by atoms with Gasteiger partial charge in [-0.25, -0.2) is 15.0 Å². The van der Waals surface area contributed by atoms with Crippen molar-refractivity contribution in [3.8, 4) is 0 Å². The first-order chi connectivity index (χ1) is 9.61. The highest BCUT2D eigenvalue weighted by Crippen LogP contribution is 2.21. The molecular weight excluding hydrogens is 274 g/mol. The average molecular weight is 290 g/mol. The molecule has 104 valence electrons. The molecule has 20 heavy (non-hydrogen) atoms. The first kappa shape index (κ1) is 14.3. The molecule has 5 nitrogen and oxygen atoms in total. The van der Waals surface area contributed by atoms with Crippen LogP contribution in [0.2, 0.25) is 5.02 Å². The molecule has 0 saturated carbocycles. The van der Waals surface area contributed by atoms with Crippen LogP contribution in [0.15, 0.2) is 41.8 Å². The molecule has 0 atom stereocenters. The van der Waals surface area contributed by atoms with Gasteiger partial charge in [-0.2, -0.15) is 5.10 Å². The standard InChI is InChI=1S/C14H16ClN5/c1-10(12-9-11(15)5-6-13(12)16-2)19-20(3)14-17-7-4-8-18-14/h4-9,16H,1-3H3/b19-10-. The minimum absolute atomic E-state index is 0.542. The average Bonchev–Trinajstić information content (AvgIpc) is 2.48. The second kappa shape index (κ2) is 6.34. The summed E-state index contributed by atoms with van der Waals surface area (Å²) in [4.78, 5) is 8.30. The van der Waals surface area contributed by atoms with Crippen molar-refractivity contribution in [3.63, 3.8) is 0 Å². The van der Waals surface area contributed by atoms with E-state index in [1.165, 1.54) is 0 Å². The number of nitrogens with one attached hydrogen (secondary N) is 1. The topological polar surface area (TPSA) is 53.4 Å². The van der Waals surface area contributed by atoms with Crippen LogP contribution in [-0.2, 0) is 0 Å². The highest BCUT2D eigenvalue weighted by Gasteiger charge is 2.08. The van der Waals surface area contributed by atoms with Crippen molar-refractivity contribution in [1.82, 2.24) is 9.97 Å². The molecule has 0 aliphatic carbocycles. The van der Waals surface area contributed by atoms with Crippen LogP contribution in [0.1, 0.15) is 12.5 Å². The van der Waals surface area contributed by atoms with Gasteiger partial charge in [0.05, 0.1) is 5.71 Å². The van der Waals surface area contributed by atoms with E-state index in [-0.39, 0.29) is 0 Å². The Hall–Kier alpha value is -2.14. The summed E-state index contributed by atoms with van der Waals surface area (Å²) in [5.41, 5.74) is 2.74. The van der Waals surface area contributed by atoms with Gasteiger partial charge >= 0.3 is 0 Å². The Labute approximate surface area is 123 Å². The summed E-state index contributed by atoms with van der Waals surface area (Å²) in [6.45, 7) is 1.92. The zero-order valence-electron chi connectivity index (χ0n) is 11.6. The van der Waals surface area contributed by atoms with Crippen LogP contribution < -0.4 is 10.3 Å². The summed E-state index contributed by atoms with van der Waals surface area (Å²) in [6.07, 6.45) is 3.37. The number of hydrogen-bond acceptors (Lipinski definition) is 5. The molecule has 1 N–H and O–H groups in total. The van der Waals surface area contributed by atoms with Crippen LogP contribution in [0, 0.1) is 0 Å². The minimum Gasteiger partial charge on any atom is -0.388 e. The summed E-state index contributed by atoms with van der Waals surface area (Å²) in [5, 5.41) is 9.93. The fraction of sp³-hybridized carbons (Fsp3) is 0.214. The molecule has 0 amide bonds. The van der Waals surface area contributed by atoms with Crippen LogP contribution >= 0.6 is 11.6 Å². The maximum absolute atomic E-state index is 6.05. The molecule has 0 aliphatic rings. The Bertz CT molecular complexity index is 612. The summed E-state index contributed by atoms with van der Waals surface area (Å²) in [5.74, 6) is 0.542. The third-order valence-electron chi connectivity index (χ3n) is 2.78. The lowest BCUT2D eigenvalue weighted by atomic mass is 10.1. The van der Waals surface area contributed by atoms with E-state index in [0.29, 0.717) is 11.0 Å². The van der Waals surface area contributed by atoms with Crippen LogP contribution in [0.25, 0.3) is 0 Å². The molecule has 2 aromatic rings. The lowest BCUT2D eigenvalue weighted by Crippen LogP contribution is -2.15. The molecule has 1 aromatic carbocycles. The van der Waals surface area contributed by atoms with E-state index in [9.17, 15) is 0 Å². The lowest BCUT2D eigenvalue weighted by molar-refractivity contribution is 0.928. The van der Waals surface area contributed by atoms with E-state index in [0.717, 1.165) is 17.0 Å². The first-order valence-electron chi connectivity index (χ1n) is 6.15. The highest BCUT2D eigenvalue weighted by molar-refractivity contribution is 6.31. The zero-order chi connectivity index (χ0) is 14.5. The number of hydrogen-bond donors (Lipinski definition) is 1. The normalized spacial score (nSPS) is 11.3. The summed E-state index contributed by atoms with van der Waals surface area (Å²) < 4.78 is 0. The summed E-state index contributed by atoms with van der Waals surface area (Å²) >= 11 is 6.05. The van der Waals surface area contributed by atoms with Crippen molar-refractivity contribution >= 4 is 28.9 Å². The lowest BCUT2D eigenvalue weighted by Gasteiger charge is -2.14. The Kier molecular flexibility index (Phi) is 4.53. The van der Waals surface area contributed by atoms with Gasteiger partial charge in [0.1, 0.15) is 0 Å². The number of rotatable bonds is 4. The molecule has 1 heterocycles. The molecule has 0 radical (unpaired) electrons. The van der Waals surface area contributed by atoms with Crippen molar-refractivity contribution in [2.45, 2.75) is 6.92 Å². The van der Waals surface area contributed by atoms with Crippen LogP contribution in [-0.4, -0.2) is 29.8 Å². The number of halogens is 1. The molecule has 0 unspecified atom stereocenters. The van der Waals surface area contributed by atoms with Crippen LogP contribution in [0.5, 0.6) is 0 Å². The van der Waals surface area contributed by atoms with Gasteiger partial charge in [-0.15, -0.1) is 0 Å². The first-order valence-corrected chi connectivity index (χ1v) is 6.53. The van der Waals surface area contributed by atoms with Gasteiger partial charge in [0.15, 0.2) is 0 Å². The highest BCUT2D eigenvalue weighted by atomic mass is 35.5. The smallest absolute Gasteiger partial charge is 0.245 e. The van der Waals surface area contributed by atoms with Crippen LogP contribution in [0.4, 0.5) is 11.6 Å². The van der Waals surface area contributed by atoms with Crippen molar-refractivity contribution in [3.05, 3.63) is 47.2 Å². The zero-order valence-corrected chi connectivity index (χ0v) is 12.4. The Morgan fingerprint density at radius 2 is 2.00 bits per heavy atom. The van der Waals surface area contributed by atoms with E-state index in [1.54, 1.807) is 23.5 Å². The number of hydrazone groups is 1. The van der Waals surface area contributed by atoms with Gasteiger partial charge in [-0.3, -0.25) is 0 Å². The molecule has 1 aromatic heterocycles. The number of aromatic nitrogens is 2. The Morgan fingerprint density at radius 3 is 2.65 bits per heavy atom. The molecule has 0 saturated heterocycles. The molecule has 6 heteroatoms. The fourth-order valence-corrected chi connectivity index (χ4v) is 1.99. The van der Waals surface area contributed by atoms with Gasteiger partial charge in [-0.05, 0) is 31.2 Å². The van der Waals surface area contributed by atoms with E-state index in [2.05, 4.69) is 20.4 Å². The van der Waals surface area contributed by atoms with Crippen LogP contribution in [0.3, 0.4) is 0 Å². The maximum atomic E-state index is 6.05. The van der Waals surface area contributed by atoms with E-state index >= 15 is 0 Å². The summed E-state index contributed by atoms with van der Waals surface area (Å²) in [7, 11) is 3.67. The molecule has 0 bridgehead atoms. The minimum atomic E-state index is 0.542. The van der Waals surface area contributed by atoms with Gasteiger partial charge in [0, 0.05) is 42.8 Å². The van der Waals surface area contributed by atoms with E-state index in [1.807, 2.05) is 39.2 Å². The van der Waals surface area contributed by atoms with Crippen molar-refractivity contribution in [2.75, 3.05) is 24.4 Å². The predicted molar refractivity (Wildman–Crippen MR) is 83.6 cm³/mol. The van der Waals surface area contributed by atoms with Gasteiger partial charge in [0.2, 0.25) is 5.95 Å². The monoisotopic (exact) mass is 289 g/mol. The third kappa shape index (κ3) is 3.24. The number of nitrogens with zero attached hydrogens (tertiary/aromatic N) is 4. The fourth-order valence-electron chi connectivity index (χ4n) is 1.82. The maximum Gasteiger partial charge on any atom is 0.245 e. The third-order valence-corrected chi connectivity index (χ3v) is 3.02. The molecule has 2 rings (SSSR count). The van der Waals surface area contributed by atoms with E-state index in [4.69, 9.17) is 11.6 Å². The van der Waals surface area contributed by atoms with Crippen molar-refractivity contribution in [2.24, 2.45) is 5.10 Å². The van der Waals surface area contributed by atoms with Gasteiger partial charge < -0.3 is 5.32 Å². The Morgan fingerprint density at radius 1 is 1.30 bits per heavy atom. The second-order valence-electron chi connectivity index (χ2n) is 4.20. The summed E-state index contributed by atoms with van der Waals surface area (Å²) in [6, 6.07) is 7.42. The van der Waals surface area contributed by atoms with Crippen molar-refractivity contribution < 1.29 is 0 Å². The molecule has 0 spiro atoms. The number of benzene rings is 1. The van der Waals surface area contributed by atoms with Crippen molar-refractivity contribution in [1.29, 1.82) is 0 Å². The van der Waals surface area contributed by atoms with Gasteiger partial charge in [-0.1, -0.05) is 11.6 Å². The Balaban J connectivity index is 2.33.